The van der Waals surface area contributed by atoms with Crippen LogP contribution in [0.25, 0.3) is 0 Å². The Morgan fingerprint density at radius 2 is 0.769 bits per heavy atom. The number of hydrogen-bond acceptors (Lipinski definition) is 1. The van der Waals surface area contributed by atoms with Crippen LogP contribution in [-0.2, 0) is 21.7 Å². The monoisotopic (exact) mass is 381 g/mol. The van der Waals surface area contributed by atoms with Crippen LogP contribution in [0.15, 0.2) is 91.0 Å². The third-order valence-corrected chi connectivity index (χ3v) is 2.75. The molecule has 1 N–H and O–H groups in total. The van der Waals surface area contributed by atoms with Gasteiger partial charge in [-0.05, 0) is 6.42 Å². The topological polar surface area (TPSA) is 20.2 Å². The van der Waals surface area contributed by atoms with Crippen molar-refractivity contribution in [2.45, 2.75) is 13.3 Å². The molecule has 1 nitrogen and oxygen atoms in total. The van der Waals surface area contributed by atoms with Crippen molar-refractivity contribution in [1.82, 2.24) is 0 Å². The molecule has 3 rings (SSSR count). The van der Waals surface area contributed by atoms with E-state index < -0.39 is 0 Å². The molecule has 0 aliphatic heterocycles. The second-order valence-corrected chi connectivity index (χ2v) is 5.18. The summed E-state index contributed by atoms with van der Waals surface area (Å²) >= 11 is 0. The Morgan fingerprint density at radius 3 is 0.846 bits per heavy atom. The second-order valence-electron chi connectivity index (χ2n) is 5.18. The first-order valence-electron chi connectivity index (χ1n) is 8.32. The first kappa shape index (κ1) is 26.2. The normalized spacial score (nSPS) is 8.08. The third kappa shape index (κ3) is 18.3. The molecular weight excluding hydrogens is 352 g/mol. The van der Waals surface area contributed by atoms with Gasteiger partial charge < -0.3 is 5.11 Å². The molecule has 1 radical (unpaired) electrons. The van der Waals surface area contributed by atoms with Gasteiger partial charge in [0.2, 0.25) is 0 Å². The van der Waals surface area contributed by atoms with E-state index in [4.69, 9.17) is 5.11 Å². The van der Waals surface area contributed by atoms with E-state index in [1.807, 2.05) is 97.9 Å². The molecule has 0 aromatic heterocycles. The molecule has 0 fully saturated rings. The molecule has 26 heavy (non-hydrogen) atoms. The van der Waals surface area contributed by atoms with Crippen LogP contribution < -0.4 is 0 Å². The maximum Gasteiger partial charge on any atom is 3.00 e. The van der Waals surface area contributed by atoms with Crippen molar-refractivity contribution in [3.63, 3.8) is 0 Å². The molecule has 135 valence electrons. The number of hydrogen-bond donors (Lipinski definition) is 1. The van der Waals surface area contributed by atoms with Gasteiger partial charge in [0.15, 0.2) is 0 Å². The van der Waals surface area contributed by atoms with E-state index in [1.165, 1.54) is 0 Å². The van der Waals surface area contributed by atoms with Crippen LogP contribution in [0.4, 0.5) is 0 Å². The van der Waals surface area contributed by atoms with E-state index in [2.05, 4.69) is 20.8 Å². The summed E-state index contributed by atoms with van der Waals surface area (Å²) in [6, 6.07) is 29.6. The predicted octanol–water partition coefficient (Wildman–Crippen LogP) is 5.99. The molecular formula is C24H29OTi. The molecule has 0 aliphatic carbocycles. The minimum Gasteiger partial charge on any atom is -0.396 e. The van der Waals surface area contributed by atoms with Crippen molar-refractivity contribution in [3.05, 3.63) is 128 Å². The van der Waals surface area contributed by atoms with E-state index >= 15 is 0 Å². The van der Waals surface area contributed by atoms with Gasteiger partial charge in [-0.15, -0.1) is 36.4 Å². The van der Waals surface area contributed by atoms with Gasteiger partial charge in [0.1, 0.15) is 0 Å². The van der Waals surface area contributed by atoms with E-state index in [0.717, 1.165) is 23.1 Å². The smallest absolute Gasteiger partial charge is 0.396 e. The van der Waals surface area contributed by atoms with Crippen LogP contribution in [0.1, 0.15) is 30.0 Å². The van der Waals surface area contributed by atoms with Gasteiger partial charge in [-0.1, -0.05) is 25.1 Å². The fourth-order valence-electron chi connectivity index (χ4n) is 1.43. The van der Waals surface area contributed by atoms with Gasteiger partial charge in [-0.3, -0.25) is 0 Å². The van der Waals surface area contributed by atoms with E-state index in [1.54, 1.807) is 0 Å². The summed E-state index contributed by atoms with van der Waals surface area (Å²) < 4.78 is 0. The molecule has 0 saturated carbocycles. The van der Waals surface area contributed by atoms with Crippen molar-refractivity contribution in [3.8, 4) is 0 Å². The summed E-state index contributed by atoms with van der Waals surface area (Å²) in [4.78, 5) is 0. The van der Waals surface area contributed by atoms with Gasteiger partial charge in [-0.2, -0.15) is 73.9 Å². The number of rotatable bonds is 1. The van der Waals surface area contributed by atoms with Gasteiger partial charge in [0.05, 0.1) is 0 Å². The molecule has 0 amide bonds. The van der Waals surface area contributed by atoms with Crippen LogP contribution in [0, 0.1) is 20.8 Å². The molecule has 3 aromatic carbocycles. The Labute approximate surface area is 175 Å². The summed E-state index contributed by atoms with van der Waals surface area (Å²) in [5.41, 5.74) is 3.22. The predicted molar refractivity (Wildman–Crippen MR) is 110 cm³/mol. The molecule has 0 unspecified atom stereocenters. The van der Waals surface area contributed by atoms with Crippen LogP contribution >= 0.6 is 0 Å². The summed E-state index contributed by atoms with van der Waals surface area (Å²) in [5.74, 6) is 0. The summed E-state index contributed by atoms with van der Waals surface area (Å²) in [6.45, 7) is 13.4. The van der Waals surface area contributed by atoms with E-state index in [0.29, 0.717) is 6.61 Å². The van der Waals surface area contributed by atoms with Crippen molar-refractivity contribution < 1.29 is 26.8 Å². The van der Waals surface area contributed by atoms with Crippen LogP contribution in [-0.4, -0.2) is 11.7 Å². The first-order chi connectivity index (χ1) is 12.1. The molecule has 2 heteroatoms. The van der Waals surface area contributed by atoms with Gasteiger partial charge >= 0.3 is 21.7 Å². The average Bonchev–Trinajstić information content (AvgIpc) is 2.65. The molecule has 0 spiro atoms. The van der Waals surface area contributed by atoms with Crippen molar-refractivity contribution >= 4 is 0 Å². The fraction of sp³-hybridized carbons (Fsp3) is 0.125. The molecule has 0 aliphatic rings. The third-order valence-electron chi connectivity index (χ3n) is 2.75. The molecule has 0 atom stereocenters. The standard InChI is InChI=1S/3C7H7.C3H8O.Ti/c3*1-7-5-3-2-4-6-7;1-2-3-4;/h3*2-6H,1H2;4H,2-3H2,1H3;/q3*-1;;+3. The fourth-order valence-corrected chi connectivity index (χ4v) is 1.43. The van der Waals surface area contributed by atoms with Crippen molar-refractivity contribution in [2.75, 3.05) is 6.61 Å². The minimum atomic E-state index is 0. The summed E-state index contributed by atoms with van der Waals surface area (Å²) in [5, 5.41) is 7.88. The van der Waals surface area contributed by atoms with Crippen LogP contribution in [0.2, 0.25) is 0 Å². The zero-order chi connectivity index (χ0) is 18.8. The number of aliphatic hydroxyl groups is 1. The first-order valence-corrected chi connectivity index (χ1v) is 8.32. The Bertz CT molecular complexity index is 518. The number of benzene rings is 3. The largest absolute Gasteiger partial charge is 3.00 e. The van der Waals surface area contributed by atoms with Gasteiger partial charge in [0.25, 0.3) is 0 Å². The summed E-state index contributed by atoms with van der Waals surface area (Å²) in [6.07, 6.45) is 0.875. The zero-order valence-corrected chi connectivity index (χ0v) is 17.2. The van der Waals surface area contributed by atoms with Gasteiger partial charge in [0, 0.05) is 6.61 Å². The maximum atomic E-state index is 7.88. The van der Waals surface area contributed by atoms with Crippen LogP contribution in [0.3, 0.4) is 0 Å². The van der Waals surface area contributed by atoms with E-state index in [9.17, 15) is 0 Å². The Balaban J connectivity index is 0. The Hall–Kier alpha value is -2.06. The molecule has 0 saturated heterocycles. The Morgan fingerprint density at radius 1 is 0.577 bits per heavy atom. The quantitative estimate of drug-likeness (QED) is 0.405. The van der Waals surface area contributed by atoms with Crippen LogP contribution in [0.5, 0.6) is 0 Å². The van der Waals surface area contributed by atoms with Gasteiger partial charge in [-0.25, -0.2) is 0 Å². The SMILES string of the molecule is CCCO.[CH2-]c1ccccc1.[CH2-]c1ccccc1.[CH2-]c1ccccc1.[Ti+3]. The molecule has 3 aromatic rings. The average molecular weight is 381 g/mol. The maximum absolute atomic E-state index is 7.88. The summed E-state index contributed by atoms with van der Waals surface area (Å²) in [7, 11) is 0. The van der Waals surface area contributed by atoms with Crippen molar-refractivity contribution in [2.24, 2.45) is 0 Å². The van der Waals surface area contributed by atoms with E-state index in [-0.39, 0.29) is 21.7 Å². The second kappa shape index (κ2) is 19.3. The Kier molecular flexibility index (Phi) is 19.4. The minimum absolute atomic E-state index is 0. The van der Waals surface area contributed by atoms with Crippen molar-refractivity contribution in [1.29, 1.82) is 0 Å². The number of aliphatic hydroxyl groups excluding tert-OH is 1. The zero-order valence-electron chi connectivity index (χ0n) is 15.6. The molecule has 0 bridgehead atoms. The molecule has 0 heterocycles.